The summed E-state index contributed by atoms with van der Waals surface area (Å²) in [6.07, 6.45) is 5.43. The van der Waals surface area contributed by atoms with E-state index in [9.17, 15) is 0 Å². The lowest BCUT2D eigenvalue weighted by Gasteiger charge is -2.38. The molecule has 0 atom stereocenters. The zero-order valence-electron chi connectivity index (χ0n) is 9.88. The lowest BCUT2D eigenvalue weighted by Crippen LogP contribution is -2.38. The van der Waals surface area contributed by atoms with Gasteiger partial charge in [-0.25, -0.2) is 0 Å². The monoisotopic (exact) mass is 215 g/mol. The SMILES string of the molecule is CC(C)CSC1(CN)CCC(C)CC1. The van der Waals surface area contributed by atoms with Crippen molar-refractivity contribution in [1.82, 2.24) is 0 Å². The van der Waals surface area contributed by atoms with Gasteiger partial charge in [0.2, 0.25) is 0 Å². The average molecular weight is 215 g/mol. The van der Waals surface area contributed by atoms with Crippen LogP contribution in [0.25, 0.3) is 0 Å². The van der Waals surface area contributed by atoms with Crippen LogP contribution in [0.3, 0.4) is 0 Å². The fourth-order valence-electron chi connectivity index (χ4n) is 2.04. The molecule has 0 aromatic carbocycles. The van der Waals surface area contributed by atoms with Crippen LogP contribution in [-0.4, -0.2) is 17.0 Å². The molecular weight excluding hydrogens is 190 g/mol. The normalized spacial score (nSPS) is 33.6. The van der Waals surface area contributed by atoms with Gasteiger partial charge in [0.15, 0.2) is 0 Å². The van der Waals surface area contributed by atoms with Crippen molar-refractivity contribution in [1.29, 1.82) is 0 Å². The van der Waals surface area contributed by atoms with E-state index in [0.29, 0.717) is 4.75 Å². The van der Waals surface area contributed by atoms with Gasteiger partial charge in [0.25, 0.3) is 0 Å². The Morgan fingerprint density at radius 2 is 1.93 bits per heavy atom. The molecule has 14 heavy (non-hydrogen) atoms. The van der Waals surface area contributed by atoms with Crippen LogP contribution in [0.5, 0.6) is 0 Å². The number of thioether (sulfide) groups is 1. The molecule has 1 nitrogen and oxygen atoms in total. The van der Waals surface area contributed by atoms with Gasteiger partial charge in [-0.3, -0.25) is 0 Å². The fourth-order valence-corrected chi connectivity index (χ4v) is 3.37. The molecule has 2 N–H and O–H groups in total. The van der Waals surface area contributed by atoms with E-state index in [1.54, 1.807) is 0 Å². The summed E-state index contributed by atoms with van der Waals surface area (Å²) >= 11 is 2.13. The Balaban J connectivity index is 2.41. The molecule has 0 bridgehead atoms. The molecule has 0 radical (unpaired) electrons. The molecule has 0 heterocycles. The average Bonchev–Trinajstić information content (AvgIpc) is 2.18. The highest BCUT2D eigenvalue weighted by Gasteiger charge is 2.33. The van der Waals surface area contributed by atoms with Crippen LogP contribution < -0.4 is 5.73 Å². The van der Waals surface area contributed by atoms with Gasteiger partial charge in [0.1, 0.15) is 0 Å². The Bertz CT molecular complexity index is 160. The molecule has 0 aromatic rings. The van der Waals surface area contributed by atoms with Crippen LogP contribution in [0.1, 0.15) is 46.5 Å². The predicted octanol–water partition coefficient (Wildman–Crippen LogP) is 3.28. The summed E-state index contributed by atoms with van der Waals surface area (Å²) < 4.78 is 0.427. The maximum absolute atomic E-state index is 5.95. The Hall–Kier alpha value is 0.310. The van der Waals surface area contributed by atoms with Crippen LogP contribution in [0.4, 0.5) is 0 Å². The second-order valence-corrected chi connectivity index (χ2v) is 6.76. The van der Waals surface area contributed by atoms with Crippen LogP contribution >= 0.6 is 11.8 Å². The molecule has 0 unspecified atom stereocenters. The molecule has 1 saturated carbocycles. The maximum atomic E-state index is 5.95. The van der Waals surface area contributed by atoms with E-state index in [1.807, 2.05) is 0 Å². The minimum Gasteiger partial charge on any atom is -0.329 e. The van der Waals surface area contributed by atoms with Gasteiger partial charge >= 0.3 is 0 Å². The first-order chi connectivity index (χ1) is 6.58. The zero-order chi connectivity index (χ0) is 10.6. The van der Waals surface area contributed by atoms with Crippen molar-refractivity contribution in [3.63, 3.8) is 0 Å². The lowest BCUT2D eigenvalue weighted by atomic mass is 9.82. The van der Waals surface area contributed by atoms with E-state index in [1.165, 1.54) is 31.4 Å². The van der Waals surface area contributed by atoms with Gasteiger partial charge < -0.3 is 5.73 Å². The molecule has 1 aliphatic rings. The van der Waals surface area contributed by atoms with Gasteiger partial charge in [0.05, 0.1) is 0 Å². The van der Waals surface area contributed by atoms with Crippen molar-refractivity contribution in [2.24, 2.45) is 17.6 Å². The molecule has 0 aromatic heterocycles. The van der Waals surface area contributed by atoms with Crippen molar-refractivity contribution in [3.05, 3.63) is 0 Å². The highest BCUT2D eigenvalue weighted by molar-refractivity contribution is 8.00. The van der Waals surface area contributed by atoms with Gasteiger partial charge in [-0.15, -0.1) is 0 Å². The van der Waals surface area contributed by atoms with Gasteiger partial charge in [-0.2, -0.15) is 11.8 Å². The Labute approximate surface area is 93.2 Å². The summed E-state index contributed by atoms with van der Waals surface area (Å²) in [6, 6.07) is 0. The number of hydrogen-bond donors (Lipinski definition) is 1. The predicted molar refractivity (Wildman–Crippen MR) is 66.7 cm³/mol. The number of hydrogen-bond acceptors (Lipinski definition) is 2. The highest BCUT2D eigenvalue weighted by atomic mass is 32.2. The molecule has 1 fully saturated rings. The van der Waals surface area contributed by atoms with E-state index < -0.39 is 0 Å². The van der Waals surface area contributed by atoms with E-state index in [4.69, 9.17) is 5.73 Å². The molecule has 84 valence electrons. The second-order valence-electron chi connectivity index (χ2n) is 5.27. The first kappa shape index (κ1) is 12.4. The number of nitrogens with two attached hydrogens (primary N) is 1. The van der Waals surface area contributed by atoms with E-state index in [2.05, 4.69) is 32.5 Å². The third-order valence-corrected chi connectivity index (χ3v) is 5.30. The van der Waals surface area contributed by atoms with Crippen LogP contribution in [-0.2, 0) is 0 Å². The molecule has 0 aliphatic heterocycles. The largest absolute Gasteiger partial charge is 0.329 e. The van der Waals surface area contributed by atoms with Crippen molar-refractivity contribution in [2.45, 2.75) is 51.2 Å². The molecule has 0 saturated heterocycles. The summed E-state index contributed by atoms with van der Waals surface area (Å²) in [4.78, 5) is 0. The smallest absolute Gasteiger partial charge is 0.0282 e. The summed E-state index contributed by atoms with van der Waals surface area (Å²) in [7, 11) is 0. The summed E-state index contributed by atoms with van der Waals surface area (Å²) in [6.45, 7) is 7.83. The van der Waals surface area contributed by atoms with E-state index >= 15 is 0 Å². The molecule has 0 spiro atoms. The Morgan fingerprint density at radius 1 is 1.36 bits per heavy atom. The number of rotatable bonds is 4. The third-order valence-electron chi connectivity index (χ3n) is 3.28. The van der Waals surface area contributed by atoms with Gasteiger partial charge in [-0.05, 0) is 43.3 Å². The summed E-state index contributed by atoms with van der Waals surface area (Å²) in [5, 5.41) is 0. The van der Waals surface area contributed by atoms with Crippen LogP contribution in [0.2, 0.25) is 0 Å². The van der Waals surface area contributed by atoms with Gasteiger partial charge in [-0.1, -0.05) is 20.8 Å². The summed E-state index contributed by atoms with van der Waals surface area (Å²) in [5.74, 6) is 2.99. The van der Waals surface area contributed by atoms with Crippen LogP contribution in [0.15, 0.2) is 0 Å². The first-order valence-electron chi connectivity index (χ1n) is 5.92. The Kier molecular flexibility index (Phi) is 4.78. The summed E-state index contributed by atoms with van der Waals surface area (Å²) in [5.41, 5.74) is 5.95. The fraction of sp³-hybridized carbons (Fsp3) is 1.00. The standard InChI is InChI=1S/C12H25NS/c1-10(2)8-14-12(9-13)6-4-11(3)5-7-12/h10-11H,4-9,13H2,1-3H3. The molecular formula is C12H25NS. The van der Waals surface area contributed by atoms with Crippen molar-refractivity contribution < 1.29 is 0 Å². The molecule has 1 aliphatic carbocycles. The molecule has 2 heteroatoms. The highest BCUT2D eigenvalue weighted by Crippen LogP contribution is 2.41. The minimum atomic E-state index is 0.427. The first-order valence-corrected chi connectivity index (χ1v) is 6.90. The molecule has 0 amide bonds. The zero-order valence-corrected chi connectivity index (χ0v) is 10.7. The van der Waals surface area contributed by atoms with Crippen LogP contribution in [0, 0.1) is 11.8 Å². The van der Waals surface area contributed by atoms with Crippen molar-refractivity contribution in [2.75, 3.05) is 12.3 Å². The molecule has 1 rings (SSSR count). The maximum Gasteiger partial charge on any atom is 0.0282 e. The lowest BCUT2D eigenvalue weighted by molar-refractivity contribution is 0.323. The van der Waals surface area contributed by atoms with E-state index in [-0.39, 0.29) is 0 Å². The third kappa shape index (κ3) is 3.47. The van der Waals surface area contributed by atoms with Crippen molar-refractivity contribution >= 4 is 11.8 Å². The second kappa shape index (κ2) is 5.41. The van der Waals surface area contributed by atoms with Gasteiger partial charge in [0, 0.05) is 11.3 Å². The van der Waals surface area contributed by atoms with E-state index in [0.717, 1.165) is 18.4 Å². The minimum absolute atomic E-state index is 0.427. The quantitative estimate of drug-likeness (QED) is 0.779. The Morgan fingerprint density at radius 3 is 2.36 bits per heavy atom. The van der Waals surface area contributed by atoms with Crippen molar-refractivity contribution in [3.8, 4) is 0 Å². The topological polar surface area (TPSA) is 26.0 Å².